The van der Waals surface area contributed by atoms with Gasteiger partial charge in [-0.3, -0.25) is 9.48 Å². The number of carbonyl (C=O) groups excluding carboxylic acids is 1. The summed E-state index contributed by atoms with van der Waals surface area (Å²) in [4.78, 5) is 17.1. The second-order valence-corrected chi connectivity index (χ2v) is 9.54. The molecule has 1 atom stereocenters. The molecule has 1 amide bonds. The Kier molecular flexibility index (Phi) is 6.88. The molecule has 3 aromatic rings. The van der Waals surface area contributed by atoms with E-state index >= 15 is 0 Å². The molecule has 9 nitrogen and oxygen atoms in total. The number of nitrogens with one attached hydrogen (secondary N) is 1. The van der Waals surface area contributed by atoms with Gasteiger partial charge < -0.3 is 25.3 Å². The third-order valence-corrected chi connectivity index (χ3v) is 6.59. The molecule has 5 rings (SSSR count). The molecule has 0 spiro atoms. The number of amides is 1. The van der Waals surface area contributed by atoms with Crippen molar-refractivity contribution in [3.63, 3.8) is 0 Å². The van der Waals surface area contributed by atoms with E-state index in [-0.39, 0.29) is 12.2 Å². The summed E-state index contributed by atoms with van der Waals surface area (Å²) in [6.45, 7) is 7.09. The molecule has 186 valence electrons. The number of piperidine rings is 1. The smallest absolute Gasteiger partial charge is 0.252 e. The number of pyridine rings is 1. The van der Waals surface area contributed by atoms with E-state index in [0.29, 0.717) is 23.2 Å². The summed E-state index contributed by atoms with van der Waals surface area (Å²) in [5, 5.41) is 9.62. The van der Waals surface area contributed by atoms with Gasteiger partial charge in [-0.05, 0) is 63.6 Å². The van der Waals surface area contributed by atoms with Crippen LogP contribution in [0.3, 0.4) is 0 Å². The van der Waals surface area contributed by atoms with Gasteiger partial charge in [-0.2, -0.15) is 5.10 Å². The second-order valence-electron chi connectivity index (χ2n) is 9.54. The molecule has 2 aliphatic heterocycles. The van der Waals surface area contributed by atoms with E-state index in [1.807, 2.05) is 37.0 Å². The Balaban J connectivity index is 1.61. The Morgan fingerprint density at radius 3 is 2.74 bits per heavy atom. The van der Waals surface area contributed by atoms with Crippen molar-refractivity contribution in [2.45, 2.75) is 57.8 Å². The number of primary amides is 1. The Morgan fingerprint density at radius 2 is 2.03 bits per heavy atom. The SMILES string of the molecule is CC(C)Oc1cc2c(OC3CCCNC3)ncc(-c3cnn(C4CCOCC4)c3)c2cc1C(N)=O. The van der Waals surface area contributed by atoms with Crippen molar-refractivity contribution in [1.29, 1.82) is 0 Å². The van der Waals surface area contributed by atoms with Crippen LogP contribution >= 0.6 is 0 Å². The summed E-state index contributed by atoms with van der Waals surface area (Å²) in [5.74, 6) is 0.421. The molecule has 2 saturated heterocycles. The molecule has 2 aliphatic rings. The number of rotatable bonds is 7. The fourth-order valence-electron chi connectivity index (χ4n) is 4.81. The molecular formula is C26H33N5O4. The maximum absolute atomic E-state index is 12.4. The van der Waals surface area contributed by atoms with Gasteiger partial charge in [0.2, 0.25) is 5.88 Å². The first-order chi connectivity index (χ1) is 17.0. The van der Waals surface area contributed by atoms with E-state index in [2.05, 4.69) is 10.4 Å². The Hall–Kier alpha value is -3.17. The monoisotopic (exact) mass is 479 g/mol. The first-order valence-corrected chi connectivity index (χ1v) is 12.4. The lowest BCUT2D eigenvalue weighted by molar-refractivity contribution is 0.0662. The first kappa shape index (κ1) is 23.6. The molecule has 9 heteroatoms. The quantitative estimate of drug-likeness (QED) is 0.533. The van der Waals surface area contributed by atoms with Crippen LogP contribution in [0.25, 0.3) is 21.9 Å². The van der Waals surface area contributed by atoms with Gasteiger partial charge in [0.1, 0.15) is 11.9 Å². The minimum absolute atomic E-state index is 0.0341. The van der Waals surface area contributed by atoms with Crippen LogP contribution < -0.4 is 20.5 Å². The molecule has 0 saturated carbocycles. The maximum atomic E-state index is 12.4. The normalized spacial score (nSPS) is 19.2. The lowest BCUT2D eigenvalue weighted by Crippen LogP contribution is -2.37. The predicted octanol–water partition coefficient (Wildman–Crippen LogP) is 3.47. The summed E-state index contributed by atoms with van der Waals surface area (Å²) in [6.07, 6.45) is 9.49. The van der Waals surface area contributed by atoms with Crippen molar-refractivity contribution in [3.8, 4) is 22.8 Å². The van der Waals surface area contributed by atoms with Crippen LogP contribution in [0, 0.1) is 0 Å². The first-order valence-electron chi connectivity index (χ1n) is 12.4. The maximum Gasteiger partial charge on any atom is 0.252 e. The van der Waals surface area contributed by atoms with Crippen LogP contribution in [-0.2, 0) is 4.74 Å². The molecule has 0 aliphatic carbocycles. The number of carbonyl (C=O) groups is 1. The van der Waals surface area contributed by atoms with Crippen molar-refractivity contribution in [1.82, 2.24) is 20.1 Å². The number of nitrogens with two attached hydrogens (primary N) is 1. The van der Waals surface area contributed by atoms with E-state index in [9.17, 15) is 4.79 Å². The molecule has 2 fully saturated rings. The summed E-state index contributed by atoms with van der Waals surface area (Å²) in [6, 6.07) is 3.94. The van der Waals surface area contributed by atoms with E-state index < -0.39 is 5.91 Å². The number of fused-ring (bicyclic) bond motifs is 1. The second kappa shape index (κ2) is 10.2. The highest BCUT2D eigenvalue weighted by Gasteiger charge is 2.23. The zero-order valence-electron chi connectivity index (χ0n) is 20.3. The lowest BCUT2D eigenvalue weighted by atomic mass is 9.99. The van der Waals surface area contributed by atoms with Crippen LogP contribution in [0.4, 0.5) is 0 Å². The molecular weight excluding hydrogens is 446 g/mol. The van der Waals surface area contributed by atoms with Crippen LogP contribution in [0.5, 0.6) is 11.6 Å². The number of ether oxygens (including phenoxy) is 3. The molecule has 1 aromatic carbocycles. The molecule has 0 bridgehead atoms. The highest BCUT2D eigenvalue weighted by molar-refractivity contribution is 6.06. The summed E-state index contributed by atoms with van der Waals surface area (Å²) in [5.41, 5.74) is 7.88. The molecule has 35 heavy (non-hydrogen) atoms. The summed E-state index contributed by atoms with van der Waals surface area (Å²) >= 11 is 0. The van der Waals surface area contributed by atoms with Crippen LogP contribution in [0.2, 0.25) is 0 Å². The largest absolute Gasteiger partial charge is 0.490 e. The van der Waals surface area contributed by atoms with Gasteiger partial charge in [-0.25, -0.2) is 4.98 Å². The fraction of sp³-hybridized carbons (Fsp3) is 0.500. The Labute approximate surface area is 204 Å². The lowest BCUT2D eigenvalue weighted by Gasteiger charge is -2.24. The average Bonchev–Trinajstić information content (AvgIpc) is 3.35. The highest BCUT2D eigenvalue weighted by Crippen LogP contribution is 2.38. The Morgan fingerprint density at radius 1 is 1.20 bits per heavy atom. The summed E-state index contributed by atoms with van der Waals surface area (Å²) in [7, 11) is 0. The molecule has 0 radical (unpaired) electrons. The zero-order chi connectivity index (χ0) is 24.4. The molecule has 3 N–H and O–H groups in total. The van der Waals surface area contributed by atoms with Gasteiger partial charge in [0, 0.05) is 48.7 Å². The van der Waals surface area contributed by atoms with Gasteiger partial charge in [0.15, 0.2) is 0 Å². The van der Waals surface area contributed by atoms with Crippen molar-refractivity contribution in [2.24, 2.45) is 5.73 Å². The molecule has 2 aromatic heterocycles. The number of aromatic nitrogens is 3. The number of hydrogen-bond acceptors (Lipinski definition) is 7. The third-order valence-electron chi connectivity index (χ3n) is 6.59. The van der Waals surface area contributed by atoms with Gasteiger partial charge >= 0.3 is 0 Å². The van der Waals surface area contributed by atoms with E-state index in [0.717, 1.165) is 73.9 Å². The van der Waals surface area contributed by atoms with Crippen LogP contribution in [-0.4, -0.2) is 59.2 Å². The van der Waals surface area contributed by atoms with Crippen LogP contribution in [0.1, 0.15) is 55.9 Å². The predicted molar refractivity (Wildman–Crippen MR) is 133 cm³/mol. The van der Waals surface area contributed by atoms with Crippen LogP contribution in [0.15, 0.2) is 30.7 Å². The van der Waals surface area contributed by atoms with Crippen molar-refractivity contribution in [3.05, 3.63) is 36.3 Å². The third kappa shape index (κ3) is 5.11. The average molecular weight is 480 g/mol. The standard InChI is InChI=1S/C26H33N5O4/c1-16(2)34-24-11-21-20(10-22(24)25(27)32)23(14-29-26(21)35-19-4-3-7-28-13-19)17-12-30-31(15-17)18-5-8-33-9-6-18/h10-12,14-16,18-19,28H,3-9,13H2,1-2H3,(H2,27,32). The molecule has 4 heterocycles. The summed E-state index contributed by atoms with van der Waals surface area (Å²) < 4.78 is 19.8. The van der Waals surface area contributed by atoms with Gasteiger partial charge in [-0.1, -0.05) is 0 Å². The number of benzene rings is 1. The van der Waals surface area contributed by atoms with E-state index in [1.54, 1.807) is 12.3 Å². The van der Waals surface area contributed by atoms with Gasteiger partial charge in [0.25, 0.3) is 5.91 Å². The van der Waals surface area contributed by atoms with E-state index in [4.69, 9.17) is 24.9 Å². The van der Waals surface area contributed by atoms with E-state index in [1.165, 1.54) is 0 Å². The van der Waals surface area contributed by atoms with Crippen molar-refractivity contribution >= 4 is 16.7 Å². The Bertz CT molecular complexity index is 1200. The van der Waals surface area contributed by atoms with Crippen molar-refractivity contribution < 1.29 is 19.0 Å². The number of hydrogen-bond donors (Lipinski definition) is 2. The molecule has 1 unspecified atom stereocenters. The fourth-order valence-corrected chi connectivity index (χ4v) is 4.81. The minimum Gasteiger partial charge on any atom is -0.490 e. The topological polar surface area (TPSA) is 114 Å². The highest BCUT2D eigenvalue weighted by atomic mass is 16.5. The number of nitrogens with zero attached hydrogens (tertiary/aromatic N) is 3. The van der Waals surface area contributed by atoms with Crippen molar-refractivity contribution in [2.75, 3.05) is 26.3 Å². The van der Waals surface area contributed by atoms with Gasteiger partial charge in [0.05, 0.1) is 23.9 Å². The zero-order valence-corrected chi connectivity index (χ0v) is 20.3. The minimum atomic E-state index is -0.540. The van der Waals surface area contributed by atoms with Gasteiger partial charge in [-0.15, -0.1) is 0 Å².